The molecule has 0 aromatic carbocycles. The first-order chi connectivity index (χ1) is 22.8. The zero-order chi connectivity index (χ0) is 33.7. The SMILES string of the molecule is CCCCCCCCCCC[N-]CCCCCCCCCCC.CCCCCCCCCCC[N-]CCCCCCCCCCC.[Mg+2]. The third kappa shape index (κ3) is 56.3. The summed E-state index contributed by atoms with van der Waals surface area (Å²) in [6, 6.07) is 0. The molecule has 0 aromatic rings. The number of hydrogen-bond donors (Lipinski definition) is 0. The van der Waals surface area contributed by atoms with Gasteiger partial charge in [-0.05, 0) is 0 Å². The number of unbranched alkanes of at least 4 members (excludes halogenated alkanes) is 32. The van der Waals surface area contributed by atoms with E-state index >= 15 is 0 Å². The van der Waals surface area contributed by atoms with Gasteiger partial charge in [0, 0.05) is 0 Å². The molecule has 0 aliphatic heterocycles. The van der Waals surface area contributed by atoms with Gasteiger partial charge in [-0.15, -0.1) is 26.2 Å². The Morgan fingerprint density at radius 1 is 0.191 bits per heavy atom. The summed E-state index contributed by atoms with van der Waals surface area (Å²) in [6.07, 6.45) is 51.0. The normalized spacial score (nSPS) is 11.0. The van der Waals surface area contributed by atoms with Gasteiger partial charge in [0.1, 0.15) is 0 Å². The number of rotatable bonds is 40. The van der Waals surface area contributed by atoms with Crippen molar-refractivity contribution in [1.82, 2.24) is 0 Å². The monoisotopic (exact) mass is 673 g/mol. The van der Waals surface area contributed by atoms with Crippen LogP contribution in [0, 0.1) is 0 Å². The summed E-state index contributed by atoms with van der Waals surface area (Å²) in [6.45, 7) is 13.6. The molecular weight excluding hydrogens is 581 g/mol. The predicted molar refractivity (Wildman–Crippen MR) is 221 cm³/mol. The molecule has 0 aliphatic rings. The van der Waals surface area contributed by atoms with Crippen LogP contribution in [0.3, 0.4) is 0 Å². The van der Waals surface area contributed by atoms with Gasteiger partial charge in [0.25, 0.3) is 0 Å². The molecule has 0 fully saturated rings. The molecule has 0 radical (unpaired) electrons. The van der Waals surface area contributed by atoms with Crippen molar-refractivity contribution in [1.29, 1.82) is 0 Å². The second-order valence-corrected chi connectivity index (χ2v) is 14.7. The average molecular weight is 674 g/mol. The van der Waals surface area contributed by atoms with E-state index in [1.165, 1.54) is 231 Å². The maximum atomic E-state index is 4.69. The van der Waals surface area contributed by atoms with Crippen molar-refractivity contribution in [3.63, 3.8) is 0 Å². The molecule has 0 unspecified atom stereocenters. The Hall–Kier alpha value is 0.686. The predicted octanol–water partition coefficient (Wildman–Crippen LogP) is 16.5. The van der Waals surface area contributed by atoms with E-state index in [1.807, 2.05) is 0 Å². The maximum Gasteiger partial charge on any atom is 2.00 e. The van der Waals surface area contributed by atoms with Crippen LogP contribution in [0.5, 0.6) is 0 Å². The zero-order valence-corrected chi connectivity index (χ0v) is 35.3. The van der Waals surface area contributed by atoms with Crippen LogP contribution in [-0.4, -0.2) is 49.2 Å². The van der Waals surface area contributed by atoms with Gasteiger partial charge in [-0.3, -0.25) is 0 Å². The summed E-state index contributed by atoms with van der Waals surface area (Å²) >= 11 is 0. The largest absolute Gasteiger partial charge is 2.00 e. The van der Waals surface area contributed by atoms with Crippen LogP contribution in [-0.2, 0) is 0 Å². The first kappa shape index (κ1) is 52.1. The van der Waals surface area contributed by atoms with Crippen molar-refractivity contribution >= 4 is 23.1 Å². The molecule has 0 amide bonds. The Balaban J connectivity index is -0.000000807. The number of nitrogens with zero attached hydrogens (tertiary/aromatic N) is 2. The minimum atomic E-state index is 0. The van der Waals surface area contributed by atoms with Crippen molar-refractivity contribution in [2.75, 3.05) is 26.2 Å². The molecule has 3 heteroatoms. The van der Waals surface area contributed by atoms with Crippen LogP contribution in [0.4, 0.5) is 0 Å². The Morgan fingerprint density at radius 3 is 0.468 bits per heavy atom. The summed E-state index contributed by atoms with van der Waals surface area (Å²) in [5, 5.41) is 9.38. The molecule has 0 rings (SSSR count). The molecular formula is C44H92MgN2. The van der Waals surface area contributed by atoms with Crippen molar-refractivity contribution < 1.29 is 0 Å². The van der Waals surface area contributed by atoms with Crippen molar-refractivity contribution in [3.05, 3.63) is 10.6 Å². The molecule has 47 heavy (non-hydrogen) atoms. The van der Waals surface area contributed by atoms with E-state index in [1.54, 1.807) is 0 Å². The third-order valence-electron chi connectivity index (χ3n) is 9.68. The number of hydrogen-bond acceptors (Lipinski definition) is 0. The fraction of sp³-hybridized carbons (Fsp3) is 1.00. The standard InChI is InChI=1S/2C22H46N.Mg/c2*1-3-5-7-9-11-13-15-17-19-21-23-22-20-18-16-14-12-10-8-6-4-2;/h2*3-22H2,1-2H3;/q2*-1;+2. The summed E-state index contributed by atoms with van der Waals surface area (Å²) in [7, 11) is 0. The third-order valence-corrected chi connectivity index (χ3v) is 9.68. The van der Waals surface area contributed by atoms with Gasteiger partial charge in [-0.2, -0.15) is 0 Å². The second-order valence-electron chi connectivity index (χ2n) is 14.7. The van der Waals surface area contributed by atoms with Gasteiger partial charge in [-0.1, -0.05) is 259 Å². The van der Waals surface area contributed by atoms with Gasteiger partial charge in [0.2, 0.25) is 0 Å². The molecule has 0 spiro atoms. The van der Waals surface area contributed by atoms with E-state index in [9.17, 15) is 0 Å². The molecule has 0 aromatic heterocycles. The van der Waals surface area contributed by atoms with E-state index in [2.05, 4.69) is 38.3 Å². The molecule has 0 saturated heterocycles. The van der Waals surface area contributed by atoms with Gasteiger partial charge in [-0.25, -0.2) is 0 Å². The fourth-order valence-corrected chi connectivity index (χ4v) is 6.36. The molecule has 0 aliphatic carbocycles. The van der Waals surface area contributed by atoms with Crippen molar-refractivity contribution in [3.8, 4) is 0 Å². The topological polar surface area (TPSA) is 28.2 Å². The van der Waals surface area contributed by atoms with E-state index in [0.717, 1.165) is 26.2 Å². The molecule has 280 valence electrons. The molecule has 2 nitrogen and oxygen atoms in total. The van der Waals surface area contributed by atoms with Crippen LogP contribution in [0.1, 0.15) is 259 Å². The van der Waals surface area contributed by atoms with Crippen molar-refractivity contribution in [2.24, 2.45) is 0 Å². The van der Waals surface area contributed by atoms with Crippen LogP contribution in [0.15, 0.2) is 0 Å². The summed E-state index contributed by atoms with van der Waals surface area (Å²) in [5.74, 6) is 0. The first-order valence-corrected chi connectivity index (χ1v) is 22.1. The van der Waals surface area contributed by atoms with E-state index < -0.39 is 0 Å². The minimum absolute atomic E-state index is 0. The fourth-order valence-electron chi connectivity index (χ4n) is 6.36. The van der Waals surface area contributed by atoms with Gasteiger partial charge < -0.3 is 10.6 Å². The zero-order valence-electron chi connectivity index (χ0n) is 33.9. The van der Waals surface area contributed by atoms with Crippen LogP contribution < -0.4 is 0 Å². The molecule has 0 bridgehead atoms. The van der Waals surface area contributed by atoms with Crippen LogP contribution in [0.2, 0.25) is 0 Å². The molecule has 0 heterocycles. The van der Waals surface area contributed by atoms with Crippen LogP contribution in [0.25, 0.3) is 10.6 Å². The van der Waals surface area contributed by atoms with Gasteiger partial charge in [0.15, 0.2) is 0 Å². The van der Waals surface area contributed by atoms with Crippen LogP contribution >= 0.6 is 0 Å². The Bertz CT molecular complexity index is 390. The quantitative estimate of drug-likeness (QED) is 0.0458. The van der Waals surface area contributed by atoms with Gasteiger partial charge in [0.05, 0.1) is 0 Å². The van der Waals surface area contributed by atoms with Gasteiger partial charge >= 0.3 is 23.1 Å². The summed E-state index contributed by atoms with van der Waals surface area (Å²) < 4.78 is 0. The Labute approximate surface area is 317 Å². The summed E-state index contributed by atoms with van der Waals surface area (Å²) in [4.78, 5) is 0. The smallest absolute Gasteiger partial charge is 0.662 e. The molecule has 0 saturated carbocycles. The maximum absolute atomic E-state index is 4.69. The van der Waals surface area contributed by atoms with E-state index in [4.69, 9.17) is 0 Å². The van der Waals surface area contributed by atoms with E-state index in [0.29, 0.717) is 0 Å². The molecule has 0 atom stereocenters. The van der Waals surface area contributed by atoms with E-state index in [-0.39, 0.29) is 23.1 Å². The molecule has 0 N–H and O–H groups in total. The van der Waals surface area contributed by atoms with Crippen molar-refractivity contribution in [2.45, 2.75) is 259 Å². The first-order valence-electron chi connectivity index (χ1n) is 22.1. The Kier molecular flexibility index (Phi) is 59.2. The summed E-state index contributed by atoms with van der Waals surface area (Å²) in [5.41, 5.74) is 0. The Morgan fingerprint density at radius 2 is 0.319 bits per heavy atom. The second kappa shape index (κ2) is 53.5. The average Bonchev–Trinajstić information content (AvgIpc) is 3.07. The minimum Gasteiger partial charge on any atom is -0.662 e.